The molecule has 0 saturated heterocycles. The summed E-state index contributed by atoms with van der Waals surface area (Å²) in [6, 6.07) is 30.2. The lowest BCUT2D eigenvalue weighted by molar-refractivity contribution is 0.0872. The first-order valence-corrected chi connectivity index (χ1v) is 10.2. The molecule has 0 heterocycles. The fourth-order valence-electron chi connectivity index (χ4n) is 3.54. The number of carbonyl (C=O) groups is 1. The van der Waals surface area contributed by atoms with Crippen LogP contribution in [-0.4, -0.2) is 5.78 Å². The maximum absolute atomic E-state index is 13.4. The van der Waals surface area contributed by atoms with E-state index in [-0.39, 0.29) is 5.78 Å². The lowest BCUT2D eigenvalue weighted by Gasteiger charge is -2.26. The molecule has 0 N–H and O–H groups in total. The Bertz CT molecular complexity index is 964. The molecule has 0 unspecified atom stereocenters. The van der Waals surface area contributed by atoms with Gasteiger partial charge in [-0.15, -0.1) is 5.73 Å². The second-order valence-corrected chi connectivity index (χ2v) is 7.78. The second kappa shape index (κ2) is 9.37. The normalized spacial score (nSPS) is 10.9. The summed E-state index contributed by atoms with van der Waals surface area (Å²) in [4.78, 5) is 13.4. The second-order valence-electron chi connectivity index (χ2n) is 7.78. The van der Waals surface area contributed by atoms with Crippen molar-refractivity contribution in [3.8, 4) is 0 Å². The largest absolute Gasteiger partial charge is 0.293 e. The fourth-order valence-corrected chi connectivity index (χ4v) is 3.54. The average Bonchev–Trinajstić information content (AvgIpc) is 2.77. The van der Waals surface area contributed by atoms with E-state index < -0.39 is 5.41 Å². The van der Waals surface area contributed by atoms with E-state index in [9.17, 15) is 4.79 Å². The molecule has 0 saturated carbocycles. The predicted octanol–water partition coefficient (Wildman–Crippen LogP) is 7.35. The van der Waals surface area contributed by atoms with Crippen LogP contribution in [0.2, 0.25) is 0 Å². The minimum absolute atomic E-state index is 0.134. The monoisotopic (exact) mass is 380 g/mol. The van der Waals surface area contributed by atoms with Crippen molar-refractivity contribution in [2.75, 3.05) is 0 Å². The summed E-state index contributed by atoms with van der Waals surface area (Å²) in [7, 11) is 0. The zero-order valence-electron chi connectivity index (χ0n) is 17.5. The van der Waals surface area contributed by atoms with Crippen molar-refractivity contribution in [3.05, 3.63) is 119 Å². The summed E-state index contributed by atoms with van der Waals surface area (Å²) in [6.07, 6.45) is 1.79. The van der Waals surface area contributed by atoms with Crippen LogP contribution >= 0.6 is 0 Å². The van der Waals surface area contributed by atoms with Gasteiger partial charge in [0.15, 0.2) is 5.78 Å². The van der Waals surface area contributed by atoms with E-state index in [1.807, 2.05) is 80.6 Å². The van der Waals surface area contributed by atoms with E-state index in [1.165, 1.54) is 0 Å². The first kappa shape index (κ1) is 20.6. The highest BCUT2D eigenvalue weighted by atomic mass is 16.1. The molecule has 146 valence electrons. The molecule has 0 aliphatic rings. The third kappa shape index (κ3) is 4.83. The molecule has 0 spiro atoms. The maximum Gasteiger partial charge on any atom is 0.173 e. The Morgan fingerprint density at radius 3 is 1.55 bits per heavy atom. The number of hydrogen-bond acceptors (Lipinski definition) is 1. The van der Waals surface area contributed by atoms with Crippen molar-refractivity contribution >= 4 is 11.4 Å². The molecule has 0 fully saturated rings. The third-order valence-electron chi connectivity index (χ3n) is 5.26. The van der Waals surface area contributed by atoms with Crippen molar-refractivity contribution in [3.63, 3.8) is 0 Å². The molecule has 0 aromatic heterocycles. The number of rotatable bonds is 7. The fraction of sp³-hybridized carbons (Fsp3) is 0.214. The Balaban J connectivity index is 2.22. The van der Waals surface area contributed by atoms with E-state index in [2.05, 4.69) is 36.9 Å². The van der Waals surface area contributed by atoms with Gasteiger partial charge in [-0.05, 0) is 37.0 Å². The lowest BCUT2D eigenvalue weighted by atomic mass is 9.75. The number of allylic oxidation sites excluding steroid dienone is 1. The molecule has 29 heavy (non-hydrogen) atoms. The van der Waals surface area contributed by atoms with Crippen molar-refractivity contribution < 1.29 is 4.79 Å². The van der Waals surface area contributed by atoms with Crippen molar-refractivity contribution in [2.45, 2.75) is 33.6 Å². The van der Waals surface area contributed by atoms with Crippen molar-refractivity contribution in [2.24, 2.45) is 5.41 Å². The highest BCUT2D eigenvalue weighted by molar-refractivity contribution is 6.02. The predicted molar refractivity (Wildman–Crippen MR) is 122 cm³/mol. The quantitative estimate of drug-likeness (QED) is 0.309. The van der Waals surface area contributed by atoms with Crippen LogP contribution in [0.5, 0.6) is 0 Å². The number of carbonyl (C=O) groups excluding carboxylic acids is 1. The zero-order valence-corrected chi connectivity index (χ0v) is 17.5. The van der Waals surface area contributed by atoms with Crippen molar-refractivity contribution in [1.82, 2.24) is 0 Å². The lowest BCUT2D eigenvalue weighted by Crippen LogP contribution is -2.26. The summed E-state index contributed by atoms with van der Waals surface area (Å²) < 4.78 is 0. The van der Waals surface area contributed by atoms with Gasteiger partial charge in [-0.25, -0.2) is 0 Å². The molecule has 0 radical (unpaired) electrons. The number of Topliss-reactive ketones (excluding diaryl/α,β-unsaturated/α-hetero) is 1. The molecule has 3 aromatic rings. The highest BCUT2D eigenvalue weighted by Crippen LogP contribution is 2.35. The van der Waals surface area contributed by atoms with Gasteiger partial charge in [-0.2, -0.15) is 0 Å². The molecular weight excluding hydrogens is 352 g/mol. The van der Waals surface area contributed by atoms with Gasteiger partial charge in [0.1, 0.15) is 0 Å². The van der Waals surface area contributed by atoms with Gasteiger partial charge in [0.2, 0.25) is 0 Å². The topological polar surface area (TPSA) is 17.1 Å². The highest BCUT2D eigenvalue weighted by Gasteiger charge is 2.32. The summed E-state index contributed by atoms with van der Waals surface area (Å²) in [6.45, 7) is 6.19. The molecule has 3 rings (SSSR count). The van der Waals surface area contributed by atoms with Crippen LogP contribution in [0.4, 0.5) is 0 Å². The SMILES string of the molecule is CCCC(=C=C(c1ccccc1)c1ccccc1)C(C)(C)C(=O)c1ccccc1. The molecular formula is C28H28O. The van der Waals surface area contributed by atoms with Gasteiger partial charge in [0.05, 0.1) is 5.41 Å². The van der Waals surface area contributed by atoms with Crippen LogP contribution in [0.1, 0.15) is 55.1 Å². The Morgan fingerprint density at radius 2 is 1.14 bits per heavy atom. The van der Waals surface area contributed by atoms with Crippen LogP contribution in [0.3, 0.4) is 0 Å². The zero-order chi connectivity index (χ0) is 20.7. The van der Waals surface area contributed by atoms with Gasteiger partial charge >= 0.3 is 0 Å². The van der Waals surface area contributed by atoms with Crippen LogP contribution in [0, 0.1) is 5.41 Å². The van der Waals surface area contributed by atoms with Gasteiger partial charge in [0.25, 0.3) is 0 Å². The van der Waals surface area contributed by atoms with Gasteiger partial charge in [0, 0.05) is 11.1 Å². The molecule has 1 heteroatoms. The van der Waals surface area contributed by atoms with Crippen molar-refractivity contribution in [1.29, 1.82) is 0 Å². The molecule has 1 nitrogen and oxygen atoms in total. The minimum Gasteiger partial charge on any atom is -0.293 e. The Kier molecular flexibility index (Phi) is 6.65. The third-order valence-corrected chi connectivity index (χ3v) is 5.26. The summed E-state index contributed by atoms with van der Waals surface area (Å²) in [5.74, 6) is 0.134. The number of ketones is 1. The van der Waals surface area contributed by atoms with Gasteiger partial charge in [-0.3, -0.25) is 4.79 Å². The standard InChI is InChI=1S/C28H28O/c1-4-14-25(28(2,3)27(29)24-19-12-7-13-20-24)21-26(22-15-8-5-9-16-22)23-17-10-6-11-18-23/h5-13,15-20H,4,14H2,1-3H3. The molecule has 0 amide bonds. The molecule has 0 bridgehead atoms. The number of hydrogen-bond donors (Lipinski definition) is 0. The first-order chi connectivity index (χ1) is 14.0. The van der Waals surface area contributed by atoms with Crippen LogP contribution < -0.4 is 0 Å². The van der Waals surface area contributed by atoms with E-state index in [4.69, 9.17) is 0 Å². The van der Waals surface area contributed by atoms with Crippen LogP contribution in [-0.2, 0) is 0 Å². The minimum atomic E-state index is -0.633. The average molecular weight is 381 g/mol. The van der Waals surface area contributed by atoms with Gasteiger partial charge in [-0.1, -0.05) is 104 Å². The molecule has 0 atom stereocenters. The van der Waals surface area contributed by atoms with E-state index in [0.29, 0.717) is 0 Å². The molecule has 0 aliphatic heterocycles. The summed E-state index contributed by atoms with van der Waals surface area (Å²) in [5.41, 5.74) is 8.09. The number of benzene rings is 3. The Morgan fingerprint density at radius 1 is 0.724 bits per heavy atom. The Labute approximate surface area is 174 Å². The summed E-state index contributed by atoms with van der Waals surface area (Å²) >= 11 is 0. The van der Waals surface area contributed by atoms with E-state index >= 15 is 0 Å². The van der Waals surface area contributed by atoms with Crippen LogP contribution in [0.15, 0.2) is 102 Å². The van der Waals surface area contributed by atoms with E-state index in [1.54, 1.807) is 0 Å². The smallest absolute Gasteiger partial charge is 0.173 e. The van der Waals surface area contributed by atoms with E-state index in [0.717, 1.165) is 40.7 Å². The Hall–Kier alpha value is -3.15. The first-order valence-electron chi connectivity index (χ1n) is 10.2. The molecule has 3 aromatic carbocycles. The summed E-state index contributed by atoms with van der Waals surface area (Å²) in [5, 5.41) is 0. The van der Waals surface area contributed by atoms with Crippen LogP contribution in [0.25, 0.3) is 5.57 Å². The molecule has 0 aliphatic carbocycles. The van der Waals surface area contributed by atoms with Gasteiger partial charge < -0.3 is 0 Å². The maximum atomic E-state index is 13.4.